The van der Waals surface area contributed by atoms with Crippen LogP contribution in [-0.2, 0) is 6.54 Å². The molecule has 3 heterocycles. The number of nitrogens with one attached hydrogen (secondary N) is 1. The van der Waals surface area contributed by atoms with Crippen molar-refractivity contribution in [2.75, 3.05) is 13.2 Å². The van der Waals surface area contributed by atoms with Gasteiger partial charge in [0.1, 0.15) is 5.65 Å². The molecule has 0 bridgehead atoms. The van der Waals surface area contributed by atoms with Crippen LogP contribution in [0.2, 0.25) is 0 Å². The van der Waals surface area contributed by atoms with Crippen LogP contribution >= 0.6 is 0 Å². The summed E-state index contributed by atoms with van der Waals surface area (Å²) < 4.78 is 13.6. The van der Waals surface area contributed by atoms with Gasteiger partial charge in [0.2, 0.25) is 0 Å². The Morgan fingerprint density at radius 2 is 2.04 bits per heavy atom. The molecule has 0 saturated heterocycles. The number of fused-ring (bicyclic) bond motifs is 2. The van der Waals surface area contributed by atoms with E-state index >= 15 is 0 Å². The van der Waals surface area contributed by atoms with Crippen molar-refractivity contribution in [3.05, 3.63) is 59.5 Å². The maximum atomic E-state index is 5.79. The minimum Gasteiger partial charge on any atom is -0.490 e. The number of pyridine rings is 1. The third-order valence-corrected chi connectivity index (χ3v) is 4.59. The van der Waals surface area contributed by atoms with E-state index in [1.807, 2.05) is 18.3 Å². The molecule has 0 amide bonds. The number of hydrogen-bond donors (Lipinski definition) is 1. The summed E-state index contributed by atoms with van der Waals surface area (Å²) in [5, 5.41) is 3.55. The van der Waals surface area contributed by atoms with E-state index in [0.29, 0.717) is 13.2 Å². The maximum Gasteiger partial charge on any atom is 0.161 e. The first-order valence-corrected chi connectivity index (χ1v) is 8.77. The van der Waals surface area contributed by atoms with E-state index < -0.39 is 0 Å². The third-order valence-electron chi connectivity index (χ3n) is 4.59. The molecule has 5 nitrogen and oxygen atoms in total. The molecular weight excluding hydrogens is 314 g/mol. The highest BCUT2D eigenvalue weighted by atomic mass is 16.5. The van der Waals surface area contributed by atoms with E-state index in [4.69, 9.17) is 14.5 Å². The van der Waals surface area contributed by atoms with Crippen LogP contribution in [0, 0.1) is 6.92 Å². The van der Waals surface area contributed by atoms with Crippen molar-refractivity contribution in [1.82, 2.24) is 14.7 Å². The standard InChI is InChI=1S/C20H23N3O2/c1-14-5-3-8-23-13-17(22-20(14)23)12-21-15(2)16-6-7-18-19(11-16)25-10-4-9-24-18/h3,5-8,11,13,15,21H,4,9-10,12H2,1-2H3/t15-/m0/s1. The molecule has 0 fully saturated rings. The van der Waals surface area contributed by atoms with Gasteiger partial charge in [-0.05, 0) is 43.2 Å². The number of imidazole rings is 1. The molecule has 0 radical (unpaired) electrons. The lowest BCUT2D eigenvalue weighted by atomic mass is 10.1. The first-order valence-electron chi connectivity index (χ1n) is 8.77. The minimum atomic E-state index is 0.197. The van der Waals surface area contributed by atoms with E-state index in [1.54, 1.807) is 0 Å². The molecule has 130 valence electrons. The molecular formula is C20H23N3O2. The number of nitrogens with zero attached hydrogens (tertiary/aromatic N) is 2. The summed E-state index contributed by atoms with van der Waals surface area (Å²) in [4.78, 5) is 4.72. The summed E-state index contributed by atoms with van der Waals surface area (Å²) in [6.45, 7) is 6.38. The van der Waals surface area contributed by atoms with Gasteiger partial charge in [-0.15, -0.1) is 0 Å². The summed E-state index contributed by atoms with van der Waals surface area (Å²) in [7, 11) is 0. The average Bonchev–Trinajstić information content (AvgIpc) is 2.90. The van der Waals surface area contributed by atoms with Gasteiger partial charge < -0.3 is 19.2 Å². The number of aromatic nitrogens is 2. The monoisotopic (exact) mass is 337 g/mol. The molecule has 0 aliphatic carbocycles. The Bertz CT molecular complexity index is 888. The highest BCUT2D eigenvalue weighted by Gasteiger charge is 2.14. The molecule has 1 aliphatic heterocycles. The first kappa shape index (κ1) is 16.0. The van der Waals surface area contributed by atoms with Gasteiger partial charge in [-0.2, -0.15) is 0 Å². The van der Waals surface area contributed by atoms with Crippen LogP contribution in [0.25, 0.3) is 5.65 Å². The molecule has 2 aromatic heterocycles. The Morgan fingerprint density at radius 3 is 2.88 bits per heavy atom. The zero-order valence-electron chi connectivity index (χ0n) is 14.7. The molecule has 0 unspecified atom stereocenters. The molecule has 3 aromatic rings. The van der Waals surface area contributed by atoms with Crippen LogP contribution in [0.5, 0.6) is 11.5 Å². The lowest BCUT2D eigenvalue weighted by Crippen LogP contribution is -2.18. The van der Waals surface area contributed by atoms with Crippen molar-refractivity contribution in [2.24, 2.45) is 0 Å². The predicted molar refractivity (Wildman–Crippen MR) is 97.2 cm³/mol. The van der Waals surface area contributed by atoms with Gasteiger partial charge in [-0.25, -0.2) is 4.98 Å². The molecule has 1 N–H and O–H groups in total. The van der Waals surface area contributed by atoms with Crippen molar-refractivity contribution >= 4 is 5.65 Å². The lowest BCUT2D eigenvalue weighted by Gasteiger charge is -2.16. The van der Waals surface area contributed by atoms with Gasteiger partial charge in [0.15, 0.2) is 11.5 Å². The van der Waals surface area contributed by atoms with Gasteiger partial charge in [-0.3, -0.25) is 0 Å². The molecule has 1 aromatic carbocycles. The molecule has 0 saturated carbocycles. The highest BCUT2D eigenvalue weighted by molar-refractivity contribution is 5.48. The van der Waals surface area contributed by atoms with Crippen molar-refractivity contribution in [2.45, 2.75) is 32.9 Å². The summed E-state index contributed by atoms with van der Waals surface area (Å²) in [5.74, 6) is 1.68. The Kier molecular flexibility index (Phi) is 4.32. The maximum absolute atomic E-state index is 5.79. The van der Waals surface area contributed by atoms with E-state index in [1.165, 1.54) is 11.1 Å². The van der Waals surface area contributed by atoms with Gasteiger partial charge in [0, 0.05) is 31.4 Å². The zero-order valence-corrected chi connectivity index (χ0v) is 14.7. The van der Waals surface area contributed by atoms with Crippen LogP contribution in [0.4, 0.5) is 0 Å². The number of rotatable bonds is 4. The predicted octanol–water partition coefficient (Wildman–Crippen LogP) is 3.65. The van der Waals surface area contributed by atoms with E-state index in [2.05, 4.69) is 48.0 Å². The Labute approximate surface area is 147 Å². The second kappa shape index (κ2) is 6.76. The summed E-state index contributed by atoms with van der Waals surface area (Å²) in [6, 6.07) is 10.5. The van der Waals surface area contributed by atoms with Crippen LogP contribution in [0.3, 0.4) is 0 Å². The second-order valence-corrected chi connectivity index (χ2v) is 6.51. The van der Waals surface area contributed by atoms with Crippen LogP contribution in [0.1, 0.15) is 36.2 Å². The van der Waals surface area contributed by atoms with Gasteiger partial charge in [0.25, 0.3) is 0 Å². The fourth-order valence-electron chi connectivity index (χ4n) is 3.11. The molecule has 0 spiro atoms. The van der Waals surface area contributed by atoms with Gasteiger partial charge in [0.05, 0.1) is 18.9 Å². The average molecular weight is 337 g/mol. The van der Waals surface area contributed by atoms with E-state index in [-0.39, 0.29) is 6.04 Å². The first-order chi connectivity index (χ1) is 12.2. The van der Waals surface area contributed by atoms with E-state index in [9.17, 15) is 0 Å². The summed E-state index contributed by atoms with van der Waals surface area (Å²) in [5.41, 5.74) is 4.42. The number of ether oxygens (including phenoxy) is 2. The molecule has 5 heteroatoms. The molecule has 25 heavy (non-hydrogen) atoms. The summed E-state index contributed by atoms with van der Waals surface area (Å²) in [6.07, 6.45) is 5.03. The number of aryl methyl sites for hydroxylation is 1. The lowest BCUT2D eigenvalue weighted by molar-refractivity contribution is 0.297. The largest absolute Gasteiger partial charge is 0.490 e. The van der Waals surface area contributed by atoms with Crippen molar-refractivity contribution < 1.29 is 9.47 Å². The zero-order chi connectivity index (χ0) is 17.2. The van der Waals surface area contributed by atoms with Crippen LogP contribution in [0.15, 0.2) is 42.7 Å². The molecule has 4 rings (SSSR count). The number of hydrogen-bond acceptors (Lipinski definition) is 4. The minimum absolute atomic E-state index is 0.197. The fourth-order valence-corrected chi connectivity index (χ4v) is 3.11. The third kappa shape index (κ3) is 3.33. The smallest absolute Gasteiger partial charge is 0.161 e. The second-order valence-electron chi connectivity index (χ2n) is 6.51. The van der Waals surface area contributed by atoms with Crippen LogP contribution < -0.4 is 14.8 Å². The quantitative estimate of drug-likeness (QED) is 0.789. The van der Waals surface area contributed by atoms with Crippen molar-refractivity contribution in [3.63, 3.8) is 0 Å². The van der Waals surface area contributed by atoms with Gasteiger partial charge in [-0.1, -0.05) is 12.1 Å². The fraction of sp³-hybridized carbons (Fsp3) is 0.350. The van der Waals surface area contributed by atoms with Crippen molar-refractivity contribution in [1.29, 1.82) is 0 Å². The normalized spacial score (nSPS) is 15.1. The molecule has 1 aliphatic rings. The van der Waals surface area contributed by atoms with Crippen LogP contribution in [-0.4, -0.2) is 22.6 Å². The van der Waals surface area contributed by atoms with Crippen molar-refractivity contribution in [3.8, 4) is 11.5 Å². The highest BCUT2D eigenvalue weighted by Crippen LogP contribution is 2.32. The SMILES string of the molecule is Cc1cccn2cc(CN[C@@H](C)c3ccc4c(c3)OCCCO4)nc12. The topological polar surface area (TPSA) is 47.8 Å². The van der Waals surface area contributed by atoms with E-state index in [0.717, 1.165) is 35.8 Å². The Morgan fingerprint density at radius 1 is 1.20 bits per heavy atom. The molecule has 1 atom stereocenters. The Balaban J connectivity index is 1.47. The summed E-state index contributed by atoms with van der Waals surface area (Å²) >= 11 is 0. The van der Waals surface area contributed by atoms with Gasteiger partial charge >= 0.3 is 0 Å². The Hall–Kier alpha value is -2.53. The number of benzene rings is 1.